The molecule has 1 fully saturated rings. The average Bonchev–Trinajstić information content (AvgIpc) is 2.71. The van der Waals surface area contributed by atoms with Crippen LogP contribution in [0.15, 0.2) is 54.6 Å². The molecule has 0 spiro atoms. The number of carbonyl (C=O) groups excluding carboxylic acids is 1. The fourth-order valence-electron chi connectivity index (χ4n) is 3.14. The molecule has 1 heterocycles. The Balaban J connectivity index is 1.48. The molecule has 1 aliphatic heterocycles. The second-order valence-corrected chi connectivity index (χ2v) is 7.35. The number of piperidine rings is 1. The molecule has 0 bridgehead atoms. The summed E-state index contributed by atoms with van der Waals surface area (Å²) >= 11 is 0. The van der Waals surface area contributed by atoms with Gasteiger partial charge in [0.15, 0.2) is 18.1 Å². The van der Waals surface area contributed by atoms with E-state index in [1.165, 1.54) is 0 Å². The van der Waals surface area contributed by atoms with Gasteiger partial charge in [0.05, 0.1) is 0 Å². The van der Waals surface area contributed by atoms with E-state index in [0.29, 0.717) is 24.7 Å². The molecule has 2 aromatic carbocycles. The quantitative estimate of drug-likeness (QED) is 0.751. The molecule has 3 rings (SSSR count). The van der Waals surface area contributed by atoms with Crippen molar-refractivity contribution in [2.45, 2.75) is 26.4 Å². The number of carbonyl (C=O) groups is 1. The smallest absolute Gasteiger partial charge is 0.257 e. The van der Waals surface area contributed by atoms with Gasteiger partial charge in [-0.2, -0.15) is 0 Å². The summed E-state index contributed by atoms with van der Waals surface area (Å²) in [5, 5.41) is 6.36. The minimum Gasteiger partial charge on any atom is -0.485 e. The van der Waals surface area contributed by atoms with Crippen LogP contribution in [-0.2, 0) is 11.4 Å². The van der Waals surface area contributed by atoms with E-state index in [2.05, 4.69) is 17.6 Å². The minimum atomic E-state index is -0.104. The average molecular weight is 368 g/mol. The van der Waals surface area contributed by atoms with E-state index in [1.807, 2.05) is 54.6 Å². The van der Waals surface area contributed by atoms with E-state index in [9.17, 15) is 4.79 Å². The largest absolute Gasteiger partial charge is 0.485 e. The second kappa shape index (κ2) is 9.42. The van der Waals surface area contributed by atoms with Gasteiger partial charge in [-0.25, -0.2) is 0 Å². The van der Waals surface area contributed by atoms with Gasteiger partial charge in [0.1, 0.15) is 6.61 Å². The first-order valence-corrected chi connectivity index (χ1v) is 9.51. The molecule has 0 saturated carbocycles. The summed E-state index contributed by atoms with van der Waals surface area (Å²) in [4.78, 5) is 12.2. The summed E-state index contributed by atoms with van der Waals surface area (Å²) in [5.41, 5.74) is 1.25. The molecule has 144 valence electrons. The first kappa shape index (κ1) is 19.2. The number of amides is 1. The highest BCUT2D eigenvalue weighted by Crippen LogP contribution is 2.28. The Bertz CT molecular complexity index is 727. The highest BCUT2D eigenvalue weighted by Gasteiger charge is 2.27. The number of rotatable bonds is 8. The van der Waals surface area contributed by atoms with Gasteiger partial charge in [-0.1, -0.05) is 49.4 Å². The number of hydrogen-bond donors (Lipinski definition) is 2. The molecule has 0 atom stereocenters. The summed E-state index contributed by atoms with van der Waals surface area (Å²) in [6, 6.07) is 17.4. The normalized spacial score (nSPS) is 15.7. The van der Waals surface area contributed by atoms with Crippen LogP contribution in [0.4, 0.5) is 0 Å². The van der Waals surface area contributed by atoms with Crippen LogP contribution in [-0.4, -0.2) is 32.1 Å². The summed E-state index contributed by atoms with van der Waals surface area (Å²) in [5.74, 6) is 1.11. The van der Waals surface area contributed by atoms with Crippen LogP contribution in [0, 0.1) is 5.41 Å². The van der Waals surface area contributed by atoms with Crippen molar-refractivity contribution >= 4 is 5.91 Å². The van der Waals surface area contributed by atoms with E-state index in [4.69, 9.17) is 9.47 Å². The lowest BCUT2D eigenvalue weighted by Crippen LogP contribution is -2.43. The molecule has 5 heteroatoms. The summed E-state index contributed by atoms with van der Waals surface area (Å²) < 4.78 is 11.6. The number of hydrogen-bond acceptors (Lipinski definition) is 4. The number of benzene rings is 2. The first-order chi connectivity index (χ1) is 13.1. The van der Waals surface area contributed by atoms with Crippen LogP contribution in [0.1, 0.15) is 25.3 Å². The van der Waals surface area contributed by atoms with Gasteiger partial charge in [0, 0.05) is 6.54 Å². The fourth-order valence-corrected chi connectivity index (χ4v) is 3.14. The van der Waals surface area contributed by atoms with Crippen molar-refractivity contribution in [1.82, 2.24) is 10.6 Å². The summed E-state index contributed by atoms with van der Waals surface area (Å²) in [6.07, 6.45) is 2.15. The van der Waals surface area contributed by atoms with Gasteiger partial charge in [-0.05, 0) is 49.0 Å². The fraction of sp³-hybridized carbons (Fsp3) is 0.409. The molecular formula is C22H28N2O3. The minimum absolute atomic E-state index is 0.0138. The lowest BCUT2D eigenvalue weighted by Gasteiger charge is -2.34. The molecule has 27 heavy (non-hydrogen) atoms. The molecule has 5 nitrogen and oxygen atoms in total. The van der Waals surface area contributed by atoms with Crippen LogP contribution in [0.5, 0.6) is 11.5 Å². The maximum atomic E-state index is 12.2. The molecule has 2 aromatic rings. The zero-order valence-corrected chi connectivity index (χ0v) is 15.9. The molecule has 1 amide bonds. The first-order valence-electron chi connectivity index (χ1n) is 9.51. The van der Waals surface area contributed by atoms with Crippen LogP contribution in [0.2, 0.25) is 0 Å². The van der Waals surface area contributed by atoms with Crippen LogP contribution in [0.3, 0.4) is 0 Å². The molecule has 1 aliphatic rings. The maximum Gasteiger partial charge on any atom is 0.257 e. The Morgan fingerprint density at radius 1 is 1.00 bits per heavy atom. The summed E-state index contributed by atoms with van der Waals surface area (Å²) in [7, 11) is 0. The Morgan fingerprint density at radius 3 is 2.33 bits per heavy atom. The van der Waals surface area contributed by atoms with Gasteiger partial charge in [0.2, 0.25) is 0 Å². The van der Waals surface area contributed by atoms with Crippen molar-refractivity contribution in [2.24, 2.45) is 5.41 Å². The van der Waals surface area contributed by atoms with Crippen LogP contribution >= 0.6 is 0 Å². The molecular weight excluding hydrogens is 340 g/mol. The van der Waals surface area contributed by atoms with Crippen molar-refractivity contribution in [2.75, 3.05) is 26.2 Å². The monoisotopic (exact) mass is 368 g/mol. The molecule has 0 unspecified atom stereocenters. The highest BCUT2D eigenvalue weighted by atomic mass is 16.5. The lowest BCUT2D eigenvalue weighted by atomic mass is 9.81. The third kappa shape index (κ3) is 6.00. The van der Waals surface area contributed by atoms with Crippen molar-refractivity contribution in [3.05, 3.63) is 60.2 Å². The van der Waals surface area contributed by atoms with E-state index in [1.54, 1.807) is 0 Å². The Kier molecular flexibility index (Phi) is 6.71. The topological polar surface area (TPSA) is 59.6 Å². The van der Waals surface area contributed by atoms with E-state index >= 15 is 0 Å². The van der Waals surface area contributed by atoms with Crippen molar-refractivity contribution < 1.29 is 14.3 Å². The molecule has 1 saturated heterocycles. The third-order valence-electron chi connectivity index (χ3n) is 4.97. The zero-order chi connectivity index (χ0) is 19.0. The Hall–Kier alpha value is -2.53. The van der Waals surface area contributed by atoms with Crippen molar-refractivity contribution in [1.29, 1.82) is 0 Å². The van der Waals surface area contributed by atoms with Crippen LogP contribution in [0.25, 0.3) is 0 Å². The molecule has 2 N–H and O–H groups in total. The number of ether oxygens (including phenoxy) is 2. The molecule has 0 radical (unpaired) electrons. The molecule has 0 aliphatic carbocycles. The number of nitrogens with one attached hydrogen (secondary N) is 2. The van der Waals surface area contributed by atoms with Crippen molar-refractivity contribution in [3.8, 4) is 11.5 Å². The second-order valence-electron chi connectivity index (χ2n) is 7.35. The Morgan fingerprint density at radius 2 is 1.63 bits per heavy atom. The summed E-state index contributed by atoms with van der Waals surface area (Å²) in [6.45, 7) is 5.37. The van der Waals surface area contributed by atoms with E-state index in [-0.39, 0.29) is 17.9 Å². The van der Waals surface area contributed by atoms with E-state index < -0.39 is 0 Å². The van der Waals surface area contributed by atoms with Gasteiger partial charge in [-0.15, -0.1) is 0 Å². The number of para-hydroxylation sites is 2. The standard InChI is InChI=1S/C22H28N2O3/c1-22(11-13-23-14-12-22)17-24-21(25)16-27-20-10-6-5-9-19(20)26-15-18-7-3-2-4-8-18/h2-10,23H,11-17H2,1H3,(H,24,25). The van der Waals surface area contributed by atoms with E-state index in [0.717, 1.165) is 31.5 Å². The van der Waals surface area contributed by atoms with Crippen LogP contribution < -0.4 is 20.1 Å². The third-order valence-corrected chi connectivity index (χ3v) is 4.97. The highest BCUT2D eigenvalue weighted by molar-refractivity contribution is 5.77. The zero-order valence-electron chi connectivity index (χ0n) is 15.9. The lowest BCUT2D eigenvalue weighted by molar-refractivity contribution is -0.123. The predicted octanol–water partition coefficient (Wildman–Crippen LogP) is 3.15. The predicted molar refractivity (Wildman–Crippen MR) is 106 cm³/mol. The van der Waals surface area contributed by atoms with Gasteiger partial charge in [-0.3, -0.25) is 4.79 Å². The van der Waals surface area contributed by atoms with Gasteiger partial charge in [0.25, 0.3) is 5.91 Å². The maximum absolute atomic E-state index is 12.2. The molecule has 0 aromatic heterocycles. The van der Waals surface area contributed by atoms with Gasteiger partial charge >= 0.3 is 0 Å². The Labute approximate surface area is 161 Å². The van der Waals surface area contributed by atoms with Gasteiger partial charge < -0.3 is 20.1 Å². The SMILES string of the molecule is CC1(CNC(=O)COc2ccccc2OCc2ccccc2)CCNCC1. The van der Waals surface area contributed by atoms with Crippen molar-refractivity contribution in [3.63, 3.8) is 0 Å².